The van der Waals surface area contributed by atoms with Crippen LogP contribution in [-0.4, -0.2) is 37.3 Å². The van der Waals surface area contributed by atoms with Gasteiger partial charge in [0.25, 0.3) is 0 Å². The third-order valence-corrected chi connectivity index (χ3v) is 3.03. The maximum Gasteiger partial charge on any atom is 0.335 e. The number of aryl methyl sites for hydroxylation is 1. The van der Waals surface area contributed by atoms with E-state index in [4.69, 9.17) is 25.5 Å². The van der Waals surface area contributed by atoms with Gasteiger partial charge in [0, 0.05) is 6.42 Å². The van der Waals surface area contributed by atoms with Crippen molar-refractivity contribution in [2.45, 2.75) is 19.8 Å². The molecule has 5 N–H and O–H groups in total. The first-order valence-corrected chi connectivity index (χ1v) is 6.96. The number of rotatable bonds is 4. The van der Waals surface area contributed by atoms with Crippen LogP contribution in [0.1, 0.15) is 29.3 Å². The van der Waals surface area contributed by atoms with Gasteiger partial charge in [0.2, 0.25) is 0 Å². The van der Waals surface area contributed by atoms with Crippen LogP contribution in [0, 0.1) is 0 Å². The Kier molecular flexibility index (Phi) is 6.61. The minimum absolute atomic E-state index is 0.0553. The number of carbonyl (C=O) groups is 2. The molecule has 0 amide bonds. The smallest absolute Gasteiger partial charge is 0.335 e. The molecule has 2 aromatic rings. The third-order valence-electron chi connectivity index (χ3n) is 3.03. The van der Waals surface area contributed by atoms with E-state index in [2.05, 4.69) is 0 Å². The number of aromatic hydroxyl groups is 4. The maximum atomic E-state index is 10.7. The van der Waals surface area contributed by atoms with E-state index in [1.807, 2.05) is 0 Å². The van der Waals surface area contributed by atoms with E-state index in [1.165, 1.54) is 25.1 Å². The van der Waals surface area contributed by atoms with Gasteiger partial charge in [-0.1, -0.05) is 6.07 Å². The van der Waals surface area contributed by atoms with Gasteiger partial charge in [0.1, 0.15) is 5.78 Å². The number of phenols is 4. The molecule has 0 aromatic heterocycles. The van der Waals surface area contributed by atoms with Gasteiger partial charge in [-0.25, -0.2) is 4.79 Å². The fourth-order valence-electron chi connectivity index (χ4n) is 1.70. The first kappa shape index (κ1) is 18.8. The molecule has 0 aliphatic rings. The van der Waals surface area contributed by atoms with E-state index in [1.54, 1.807) is 6.07 Å². The Bertz CT molecular complexity index is 738. The highest BCUT2D eigenvalue weighted by atomic mass is 16.4. The highest BCUT2D eigenvalue weighted by molar-refractivity contribution is 5.88. The number of phenolic OH excluding ortho intramolecular Hbond substituents is 4. The van der Waals surface area contributed by atoms with Crippen molar-refractivity contribution in [2.75, 3.05) is 0 Å². The average molecular weight is 334 g/mol. The van der Waals surface area contributed by atoms with Crippen molar-refractivity contribution in [1.82, 2.24) is 0 Å². The summed E-state index contributed by atoms with van der Waals surface area (Å²) < 4.78 is 0. The Morgan fingerprint density at radius 1 is 0.833 bits per heavy atom. The lowest BCUT2D eigenvalue weighted by Gasteiger charge is -2.01. The number of benzene rings is 2. The Balaban J connectivity index is 0.000000243. The van der Waals surface area contributed by atoms with Gasteiger partial charge >= 0.3 is 5.97 Å². The molecule has 0 saturated heterocycles. The topological polar surface area (TPSA) is 135 Å². The number of hydrogen-bond acceptors (Lipinski definition) is 6. The number of carbonyl (C=O) groups excluding carboxylic acids is 1. The maximum absolute atomic E-state index is 10.7. The van der Waals surface area contributed by atoms with Gasteiger partial charge in [-0.3, -0.25) is 0 Å². The van der Waals surface area contributed by atoms with E-state index in [0.717, 1.165) is 17.7 Å². The molecule has 2 rings (SSSR count). The van der Waals surface area contributed by atoms with Gasteiger partial charge < -0.3 is 30.3 Å². The van der Waals surface area contributed by atoms with Crippen molar-refractivity contribution in [3.63, 3.8) is 0 Å². The predicted octanol–water partition coefficient (Wildman–Crippen LogP) is 2.42. The minimum atomic E-state index is -1.14. The second-order valence-electron chi connectivity index (χ2n) is 5.03. The summed E-state index contributed by atoms with van der Waals surface area (Å²) in [6, 6.07) is 7.90. The van der Waals surface area contributed by atoms with Crippen molar-refractivity contribution in [1.29, 1.82) is 0 Å². The molecule has 0 saturated carbocycles. The normalized spacial score (nSPS) is 9.71. The van der Waals surface area contributed by atoms with Crippen LogP contribution in [0.15, 0.2) is 36.4 Å². The summed E-state index contributed by atoms with van der Waals surface area (Å²) in [5.41, 5.74) is 0.797. The molecule has 0 heterocycles. The Morgan fingerprint density at radius 2 is 1.38 bits per heavy atom. The number of aromatic carboxylic acids is 1. The highest BCUT2D eigenvalue weighted by Crippen LogP contribution is 2.25. The first-order valence-electron chi connectivity index (χ1n) is 6.96. The van der Waals surface area contributed by atoms with Crippen LogP contribution >= 0.6 is 0 Å². The molecule has 0 aliphatic carbocycles. The molecule has 0 unspecified atom stereocenters. The number of carboxylic acid groups (broad SMARTS) is 1. The van der Waals surface area contributed by atoms with E-state index in [0.29, 0.717) is 12.8 Å². The van der Waals surface area contributed by atoms with Gasteiger partial charge in [-0.2, -0.15) is 0 Å². The van der Waals surface area contributed by atoms with Crippen molar-refractivity contribution < 1.29 is 35.1 Å². The second kappa shape index (κ2) is 8.42. The molecular weight excluding hydrogens is 316 g/mol. The highest BCUT2D eigenvalue weighted by Gasteiger charge is 2.05. The monoisotopic (exact) mass is 334 g/mol. The molecular formula is C17H18O7. The summed E-state index contributed by atoms with van der Waals surface area (Å²) in [6.45, 7) is 1.53. The summed E-state index contributed by atoms with van der Waals surface area (Å²) in [5, 5.41) is 44.2. The zero-order valence-corrected chi connectivity index (χ0v) is 12.9. The minimum Gasteiger partial charge on any atom is -0.504 e. The van der Waals surface area contributed by atoms with E-state index in [-0.39, 0.29) is 28.6 Å². The second-order valence-corrected chi connectivity index (χ2v) is 5.03. The predicted molar refractivity (Wildman–Crippen MR) is 85.5 cm³/mol. The van der Waals surface area contributed by atoms with Crippen LogP contribution in [0.2, 0.25) is 0 Å². The van der Waals surface area contributed by atoms with Gasteiger partial charge in [-0.05, 0) is 49.2 Å². The Hall–Kier alpha value is -3.22. The number of Topliss-reactive ketones (excluding diaryl/α,β-unsaturated/α-hetero) is 1. The fourth-order valence-corrected chi connectivity index (χ4v) is 1.70. The lowest BCUT2D eigenvalue weighted by atomic mass is 10.1. The molecule has 0 aliphatic heterocycles. The molecule has 0 radical (unpaired) electrons. The Morgan fingerprint density at radius 3 is 1.83 bits per heavy atom. The molecule has 2 aromatic carbocycles. The lowest BCUT2D eigenvalue weighted by Crippen LogP contribution is -1.94. The van der Waals surface area contributed by atoms with Crippen molar-refractivity contribution in [3.8, 4) is 23.0 Å². The largest absolute Gasteiger partial charge is 0.504 e. The molecule has 7 heteroatoms. The summed E-state index contributed by atoms with van der Waals surface area (Å²) >= 11 is 0. The zero-order valence-electron chi connectivity index (χ0n) is 12.9. The molecule has 0 spiro atoms. The average Bonchev–Trinajstić information content (AvgIpc) is 2.51. The van der Waals surface area contributed by atoms with Gasteiger partial charge in [0.05, 0.1) is 5.56 Å². The van der Waals surface area contributed by atoms with Crippen LogP contribution in [0.4, 0.5) is 0 Å². The summed E-state index contributed by atoms with van der Waals surface area (Å²) in [6.07, 6.45) is 1.06. The molecule has 0 atom stereocenters. The molecule has 24 heavy (non-hydrogen) atoms. The lowest BCUT2D eigenvalue weighted by molar-refractivity contribution is -0.116. The van der Waals surface area contributed by atoms with Crippen LogP contribution < -0.4 is 0 Å². The van der Waals surface area contributed by atoms with E-state index in [9.17, 15) is 9.59 Å². The summed E-state index contributed by atoms with van der Waals surface area (Å²) in [4.78, 5) is 20.9. The first-order chi connectivity index (χ1) is 11.2. The van der Waals surface area contributed by atoms with Crippen LogP contribution in [-0.2, 0) is 11.2 Å². The van der Waals surface area contributed by atoms with Crippen molar-refractivity contribution >= 4 is 11.8 Å². The molecule has 0 fully saturated rings. The summed E-state index contributed by atoms with van der Waals surface area (Å²) in [5.74, 6) is -2.04. The molecule has 128 valence electrons. The SMILES string of the molecule is CC(=O)CCc1ccc(O)c(O)c1.O=C(O)c1ccc(O)c(O)c1. The Labute approximate surface area is 138 Å². The molecule has 0 bridgehead atoms. The van der Waals surface area contributed by atoms with Crippen LogP contribution in [0.3, 0.4) is 0 Å². The third kappa shape index (κ3) is 5.88. The van der Waals surface area contributed by atoms with E-state index >= 15 is 0 Å². The fraction of sp³-hybridized carbons (Fsp3) is 0.176. The van der Waals surface area contributed by atoms with Gasteiger partial charge in [0.15, 0.2) is 23.0 Å². The van der Waals surface area contributed by atoms with Crippen molar-refractivity contribution in [3.05, 3.63) is 47.5 Å². The van der Waals surface area contributed by atoms with Crippen molar-refractivity contribution in [2.24, 2.45) is 0 Å². The quantitative estimate of drug-likeness (QED) is 0.542. The zero-order chi connectivity index (χ0) is 18.3. The summed E-state index contributed by atoms with van der Waals surface area (Å²) in [7, 11) is 0. The number of carboxylic acids is 1. The number of hydrogen-bond donors (Lipinski definition) is 5. The van der Waals surface area contributed by atoms with E-state index < -0.39 is 11.7 Å². The standard InChI is InChI=1S/C10H12O3.C7H6O4/c1-7(11)2-3-8-4-5-9(12)10(13)6-8;8-5-2-1-4(7(10)11)3-6(5)9/h4-6,12-13H,2-3H2,1H3;1-3,8-9H,(H,10,11). The number of ketones is 1. The molecule has 7 nitrogen and oxygen atoms in total. The van der Waals surface area contributed by atoms with Crippen LogP contribution in [0.5, 0.6) is 23.0 Å². The van der Waals surface area contributed by atoms with Gasteiger partial charge in [-0.15, -0.1) is 0 Å². The van der Waals surface area contributed by atoms with Crippen LogP contribution in [0.25, 0.3) is 0 Å².